The van der Waals surface area contributed by atoms with Crippen molar-refractivity contribution in [1.82, 2.24) is 0 Å². The Bertz CT molecular complexity index is 1110. The molecule has 7 heteroatoms. The van der Waals surface area contributed by atoms with E-state index in [1.54, 1.807) is 31.4 Å². The molecule has 0 bridgehead atoms. The summed E-state index contributed by atoms with van der Waals surface area (Å²) in [6, 6.07) is 14.9. The van der Waals surface area contributed by atoms with E-state index in [0.29, 0.717) is 28.3 Å². The van der Waals surface area contributed by atoms with Crippen molar-refractivity contribution in [3.05, 3.63) is 69.6 Å². The van der Waals surface area contributed by atoms with Crippen LogP contribution in [-0.4, -0.2) is 19.8 Å². The van der Waals surface area contributed by atoms with Crippen LogP contribution in [-0.2, 0) is 6.42 Å². The van der Waals surface area contributed by atoms with Gasteiger partial charge in [0.2, 0.25) is 6.79 Å². The lowest BCUT2D eigenvalue weighted by Crippen LogP contribution is -2.11. The normalized spacial score (nSPS) is 11.8. The predicted octanol–water partition coefficient (Wildman–Crippen LogP) is 4.51. The second-order valence-corrected chi connectivity index (χ2v) is 7.62. The highest BCUT2D eigenvalue weighted by atomic mass is 32.1. The maximum Gasteiger partial charge on any atom is 0.256 e. The largest absolute Gasteiger partial charge is 0.497 e. The zero-order valence-corrected chi connectivity index (χ0v) is 16.8. The van der Waals surface area contributed by atoms with Crippen LogP contribution in [0, 0.1) is 18.3 Å². The molecule has 1 aliphatic heterocycles. The second kappa shape index (κ2) is 7.86. The molecule has 1 N–H and O–H groups in total. The first-order valence-corrected chi connectivity index (χ1v) is 9.77. The molecule has 6 nitrogen and oxygen atoms in total. The Hall–Kier alpha value is -3.50. The quantitative estimate of drug-likeness (QED) is 0.674. The number of nitrogens with one attached hydrogen (secondary N) is 1. The van der Waals surface area contributed by atoms with Crippen molar-refractivity contribution in [2.45, 2.75) is 13.3 Å². The average molecular weight is 406 g/mol. The summed E-state index contributed by atoms with van der Waals surface area (Å²) in [5.74, 6) is 1.88. The van der Waals surface area contributed by atoms with Crippen LogP contribution in [0.4, 0.5) is 5.00 Å². The Kier molecular flexibility index (Phi) is 5.10. The average Bonchev–Trinajstić information content (AvgIpc) is 3.32. The molecule has 0 spiro atoms. The van der Waals surface area contributed by atoms with Crippen LogP contribution in [0.2, 0.25) is 0 Å². The Labute approximate surface area is 172 Å². The molecule has 2 heterocycles. The van der Waals surface area contributed by atoms with Crippen LogP contribution >= 0.6 is 11.3 Å². The lowest BCUT2D eigenvalue weighted by atomic mass is 10.1. The van der Waals surface area contributed by atoms with Gasteiger partial charge in [0.15, 0.2) is 11.5 Å². The number of hydrogen-bond donors (Lipinski definition) is 1. The number of nitrogens with zero attached hydrogens (tertiary/aromatic N) is 1. The Morgan fingerprint density at radius 1 is 1.21 bits per heavy atom. The zero-order valence-electron chi connectivity index (χ0n) is 15.9. The van der Waals surface area contributed by atoms with Crippen molar-refractivity contribution in [3.63, 3.8) is 0 Å². The first-order chi connectivity index (χ1) is 14.1. The molecule has 29 heavy (non-hydrogen) atoms. The molecule has 1 aromatic heterocycles. The molecular formula is C22H18N2O4S. The van der Waals surface area contributed by atoms with Gasteiger partial charge in [0.25, 0.3) is 5.91 Å². The summed E-state index contributed by atoms with van der Waals surface area (Å²) in [5.41, 5.74) is 2.92. The van der Waals surface area contributed by atoms with Crippen LogP contribution < -0.4 is 19.5 Å². The fourth-order valence-corrected chi connectivity index (χ4v) is 4.29. The van der Waals surface area contributed by atoms with Crippen molar-refractivity contribution in [1.29, 1.82) is 5.26 Å². The Morgan fingerprint density at radius 3 is 2.69 bits per heavy atom. The third kappa shape index (κ3) is 3.75. The zero-order chi connectivity index (χ0) is 20.4. The minimum Gasteiger partial charge on any atom is -0.497 e. The number of hydrogen-bond acceptors (Lipinski definition) is 6. The summed E-state index contributed by atoms with van der Waals surface area (Å²) in [5, 5.41) is 13.0. The second-order valence-electron chi connectivity index (χ2n) is 6.51. The van der Waals surface area contributed by atoms with Gasteiger partial charge in [-0.05, 0) is 54.4 Å². The van der Waals surface area contributed by atoms with Gasteiger partial charge in [-0.1, -0.05) is 6.07 Å². The molecule has 146 valence electrons. The standard InChI is InChI=1S/C22H18N2O4S/c1-13-17(11-23)22(24-21(25)15-4-6-16(26-2)7-5-15)29-20(13)10-14-3-8-18-19(9-14)28-12-27-18/h3-9H,10,12H2,1-2H3,(H,24,25). The number of carbonyl (C=O) groups is 1. The van der Waals surface area contributed by atoms with E-state index in [4.69, 9.17) is 14.2 Å². The Morgan fingerprint density at radius 2 is 1.97 bits per heavy atom. The van der Waals surface area contributed by atoms with Crippen LogP contribution in [0.5, 0.6) is 17.2 Å². The number of ether oxygens (including phenoxy) is 3. The molecule has 1 aliphatic rings. The number of rotatable bonds is 5. The summed E-state index contributed by atoms with van der Waals surface area (Å²) in [6.45, 7) is 2.14. The van der Waals surface area contributed by atoms with Crippen molar-refractivity contribution in [2.75, 3.05) is 19.2 Å². The van der Waals surface area contributed by atoms with Crippen molar-refractivity contribution < 1.29 is 19.0 Å². The van der Waals surface area contributed by atoms with E-state index >= 15 is 0 Å². The number of methoxy groups -OCH3 is 1. The highest BCUT2D eigenvalue weighted by Crippen LogP contribution is 2.37. The van der Waals surface area contributed by atoms with E-state index in [-0.39, 0.29) is 12.7 Å². The number of anilines is 1. The van der Waals surface area contributed by atoms with Crippen molar-refractivity contribution in [3.8, 4) is 23.3 Å². The minimum absolute atomic E-state index is 0.233. The predicted molar refractivity (Wildman–Crippen MR) is 110 cm³/mol. The molecule has 0 atom stereocenters. The molecule has 1 amide bonds. The van der Waals surface area contributed by atoms with Gasteiger partial charge in [0, 0.05) is 16.9 Å². The fourth-order valence-electron chi connectivity index (χ4n) is 3.11. The van der Waals surface area contributed by atoms with E-state index in [2.05, 4.69) is 11.4 Å². The van der Waals surface area contributed by atoms with Gasteiger partial charge in [0.1, 0.15) is 16.8 Å². The molecule has 3 aromatic rings. The smallest absolute Gasteiger partial charge is 0.256 e. The molecule has 0 saturated heterocycles. The molecule has 0 radical (unpaired) electrons. The van der Waals surface area contributed by atoms with Crippen molar-refractivity contribution >= 4 is 22.2 Å². The summed E-state index contributed by atoms with van der Waals surface area (Å²) >= 11 is 1.42. The summed E-state index contributed by atoms with van der Waals surface area (Å²) in [4.78, 5) is 13.6. The summed E-state index contributed by atoms with van der Waals surface area (Å²) < 4.78 is 15.9. The van der Waals surface area contributed by atoms with Gasteiger partial charge < -0.3 is 19.5 Å². The molecule has 0 aliphatic carbocycles. The molecular weight excluding hydrogens is 388 g/mol. The summed E-state index contributed by atoms with van der Waals surface area (Å²) in [6.07, 6.45) is 0.639. The fraction of sp³-hybridized carbons (Fsp3) is 0.182. The first kappa shape index (κ1) is 18.8. The molecule has 0 fully saturated rings. The van der Waals surface area contributed by atoms with Crippen molar-refractivity contribution in [2.24, 2.45) is 0 Å². The maximum absolute atomic E-state index is 12.6. The third-order valence-corrected chi connectivity index (χ3v) is 5.95. The summed E-state index contributed by atoms with van der Waals surface area (Å²) in [7, 11) is 1.57. The third-order valence-electron chi connectivity index (χ3n) is 4.74. The van der Waals surface area contributed by atoms with Gasteiger partial charge in [-0.2, -0.15) is 5.26 Å². The number of carbonyl (C=O) groups excluding carboxylic acids is 1. The molecule has 0 saturated carbocycles. The topological polar surface area (TPSA) is 80.6 Å². The van der Waals surface area contributed by atoms with Gasteiger partial charge in [0.05, 0.1) is 12.7 Å². The number of fused-ring (bicyclic) bond motifs is 1. The van der Waals surface area contributed by atoms with E-state index in [1.165, 1.54) is 11.3 Å². The van der Waals surface area contributed by atoms with E-state index in [0.717, 1.165) is 27.5 Å². The van der Waals surface area contributed by atoms with Gasteiger partial charge in [-0.3, -0.25) is 4.79 Å². The van der Waals surface area contributed by atoms with Gasteiger partial charge in [-0.15, -0.1) is 11.3 Å². The van der Waals surface area contributed by atoms with Crippen LogP contribution in [0.15, 0.2) is 42.5 Å². The van der Waals surface area contributed by atoms with Crippen LogP contribution in [0.25, 0.3) is 0 Å². The SMILES string of the molecule is COc1ccc(C(=O)Nc2sc(Cc3ccc4c(c3)OCO4)c(C)c2C#N)cc1. The van der Waals surface area contributed by atoms with E-state index in [9.17, 15) is 10.1 Å². The number of nitriles is 1. The maximum atomic E-state index is 12.6. The lowest BCUT2D eigenvalue weighted by molar-refractivity contribution is 0.102. The highest BCUT2D eigenvalue weighted by Gasteiger charge is 2.19. The molecule has 2 aromatic carbocycles. The van der Waals surface area contributed by atoms with E-state index in [1.807, 2.05) is 25.1 Å². The lowest BCUT2D eigenvalue weighted by Gasteiger charge is -2.05. The first-order valence-electron chi connectivity index (χ1n) is 8.95. The number of thiophene rings is 1. The Balaban J connectivity index is 1.56. The highest BCUT2D eigenvalue weighted by molar-refractivity contribution is 7.16. The molecule has 4 rings (SSSR count). The van der Waals surface area contributed by atoms with Crippen LogP contribution in [0.1, 0.15) is 31.9 Å². The van der Waals surface area contributed by atoms with Crippen LogP contribution in [0.3, 0.4) is 0 Å². The van der Waals surface area contributed by atoms with Gasteiger partial charge in [-0.25, -0.2) is 0 Å². The number of benzene rings is 2. The van der Waals surface area contributed by atoms with E-state index < -0.39 is 0 Å². The minimum atomic E-state index is -0.264. The monoisotopic (exact) mass is 406 g/mol. The molecule has 0 unspecified atom stereocenters. The van der Waals surface area contributed by atoms with Gasteiger partial charge >= 0.3 is 0 Å². The number of amides is 1.